The van der Waals surface area contributed by atoms with Crippen LogP contribution in [0.5, 0.6) is 0 Å². The van der Waals surface area contributed by atoms with Crippen LogP contribution in [0.4, 0.5) is 0 Å². The van der Waals surface area contributed by atoms with Gasteiger partial charge in [-0.3, -0.25) is 0 Å². The van der Waals surface area contributed by atoms with Crippen molar-refractivity contribution in [3.8, 4) is 0 Å². The van der Waals surface area contributed by atoms with Gasteiger partial charge in [-0.15, -0.1) is 0 Å². The summed E-state index contributed by atoms with van der Waals surface area (Å²) in [5, 5.41) is 8.43. The summed E-state index contributed by atoms with van der Waals surface area (Å²) < 4.78 is 0. The first-order chi connectivity index (χ1) is 3.66. The lowest BCUT2D eigenvalue weighted by atomic mass is 10.1. The molecule has 0 aliphatic carbocycles. The molecule has 8 heavy (non-hydrogen) atoms. The highest BCUT2D eigenvalue weighted by Gasteiger charge is 2.01. The minimum atomic E-state index is 0.111. The van der Waals surface area contributed by atoms with Crippen molar-refractivity contribution in [1.29, 1.82) is 0 Å². The number of hydrogen-bond acceptors (Lipinski definition) is 2. The number of rotatable bonds is 3. The SMILES string of the molecule is CC(=O)CC(C)CO. The van der Waals surface area contributed by atoms with Crippen molar-refractivity contribution >= 4 is 5.78 Å². The van der Waals surface area contributed by atoms with E-state index in [-0.39, 0.29) is 18.3 Å². The molecule has 1 N–H and O–H groups in total. The summed E-state index contributed by atoms with van der Waals surface area (Å²) in [6.45, 7) is 3.49. The first-order valence-corrected chi connectivity index (χ1v) is 2.77. The molecule has 0 aromatic heterocycles. The highest BCUT2D eigenvalue weighted by atomic mass is 16.3. The van der Waals surface area contributed by atoms with Gasteiger partial charge in [0.15, 0.2) is 0 Å². The standard InChI is InChI=1S/C6H12O2/c1-5(4-7)3-6(2)8/h5,7H,3-4H2,1-2H3. The van der Waals surface area contributed by atoms with Crippen LogP contribution in [-0.2, 0) is 4.79 Å². The lowest BCUT2D eigenvalue weighted by molar-refractivity contribution is -0.118. The van der Waals surface area contributed by atoms with Crippen LogP contribution < -0.4 is 0 Å². The molecule has 0 aliphatic heterocycles. The van der Waals surface area contributed by atoms with Gasteiger partial charge >= 0.3 is 0 Å². The van der Waals surface area contributed by atoms with Gasteiger partial charge in [0.2, 0.25) is 0 Å². The molecular weight excluding hydrogens is 104 g/mol. The fourth-order valence-electron chi connectivity index (χ4n) is 0.555. The van der Waals surface area contributed by atoms with Gasteiger partial charge < -0.3 is 9.90 Å². The number of carbonyl (C=O) groups excluding carboxylic acids is 1. The van der Waals surface area contributed by atoms with E-state index in [0.29, 0.717) is 6.42 Å². The van der Waals surface area contributed by atoms with Crippen molar-refractivity contribution in [2.75, 3.05) is 6.61 Å². The number of Topliss-reactive ketones (excluding diaryl/α,β-unsaturated/α-hetero) is 1. The van der Waals surface area contributed by atoms with Crippen LogP contribution in [0.1, 0.15) is 20.3 Å². The van der Waals surface area contributed by atoms with Crippen LogP contribution in [0.15, 0.2) is 0 Å². The molecule has 2 nitrogen and oxygen atoms in total. The van der Waals surface area contributed by atoms with Crippen molar-refractivity contribution in [3.63, 3.8) is 0 Å². The zero-order chi connectivity index (χ0) is 6.57. The molecule has 0 radical (unpaired) electrons. The van der Waals surface area contributed by atoms with E-state index in [4.69, 9.17) is 5.11 Å². The third-order valence-corrected chi connectivity index (χ3v) is 0.948. The Kier molecular flexibility index (Phi) is 3.44. The molecule has 0 fully saturated rings. The monoisotopic (exact) mass is 116 g/mol. The van der Waals surface area contributed by atoms with E-state index in [2.05, 4.69) is 0 Å². The maximum atomic E-state index is 10.3. The van der Waals surface area contributed by atoms with Crippen LogP contribution in [0.2, 0.25) is 0 Å². The molecule has 0 saturated heterocycles. The van der Waals surface area contributed by atoms with E-state index in [0.717, 1.165) is 0 Å². The summed E-state index contributed by atoms with van der Waals surface area (Å²) in [6.07, 6.45) is 0.497. The number of aliphatic hydroxyl groups is 1. The van der Waals surface area contributed by atoms with Crippen molar-refractivity contribution < 1.29 is 9.90 Å². The second-order valence-corrected chi connectivity index (χ2v) is 2.19. The van der Waals surface area contributed by atoms with E-state index in [1.807, 2.05) is 6.92 Å². The Bertz CT molecular complexity index is 78.6. The molecule has 0 aliphatic rings. The maximum Gasteiger partial charge on any atom is 0.130 e. The lowest BCUT2D eigenvalue weighted by Gasteiger charge is -2.01. The molecule has 1 unspecified atom stereocenters. The Morgan fingerprint density at radius 3 is 2.38 bits per heavy atom. The van der Waals surface area contributed by atoms with Crippen molar-refractivity contribution in [1.82, 2.24) is 0 Å². The summed E-state index contributed by atoms with van der Waals surface area (Å²) in [5.74, 6) is 0.277. The minimum absolute atomic E-state index is 0.111. The largest absolute Gasteiger partial charge is 0.396 e. The van der Waals surface area contributed by atoms with E-state index >= 15 is 0 Å². The van der Waals surface area contributed by atoms with E-state index < -0.39 is 0 Å². The molecule has 1 atom stereocenters. The van der Waals surface area contributed by atoms with Crippen LogP contribution in [0.3, 0.4) is 0 Å². The molecule has 48 valence electrons. The first kappa shape index (κ1) is 7.63. The Labute approximate surface area is 49.5 Å². The smallest absolute Gasteiger partial charge is 0.130 e. The topological polar surface area (TPSA) is 37.3 Å². The highest BCUT2D eigenvalue weighted by Crippen LogP contribution is 1.98. The molecular formula is C6H12O2. The van der Waals surface area contributed by atoms with Gasteiger partial charge in [0.25, 0.3) is 0 Å². The molecule has 0 amide bonds. The summed E-state index contributed by atoms with van der Waals surface area (Å²) in [4.78, 5) is 10.3. The van der Waals surface area contributed by atoms with Gasteiger partial charge in [0, 0.05) is 13.0 Å². The van der Waals surface area contributed by atoms with Gasteiger partial charge in [-0.1, -0.05) is 6.92 Å². The first-order valence-electron chi connectivity index (χ1n) is 2.77. The van der Waals surface area contributed by atoms with E-state index in [1.165, 1.54) is 6.92 Å². The second-order valence-electron chi connectivity index (χ2n) is 2.19. The summed E-state index contributed by atoms with van der Waals surface area (Å²) in [5.41, 5.74) is 0. The minimum Gasteiger partial charge on any atom is -0.396 e. The average molecular weight is 116 g/mol. The second kappa shape index (κ2) is 3.61. The number of ketones is 1. The van der Waals surface area contributed by atoms with Crippen LogP contribution in [-0.4, -0.2) is 17.5 Å². The van der Waals surface area contributed by atoms with Crippen LogP contribution in [0, 0.1) is 5.92 Å². The number of carbonyl (C=O) groups is 1. The average Bonchev–Trinajstić information content (AvgIpc) is 1.65. The predicted molar refractivity (Wildman–Crippen MR) is 31.5 cm³/mol. The fraction of sp³-hybridized carbons (Fsp3) is 0.833. The quantitative estimate of drug-likeness (QED) is 0.586. The van der Waals surface area contributed by atoms with Gasteiger partial charge in [0.05, 0.1) is 0 Å². The zero-order valence-corrected chi connectivity index (χ0v) is 5.35. The Balaban J connectivity index is 3.24. The molecule has 0 aromatic carbocycles. The van der Waals surface area contributed by atoms with Gasteiger partial charge in [0.1, 0.15) is 5.78 Å². The Morgan fingerprint density at radius 1 is 1.75 bits per heavy atom. The summed E-state index contributed by atoms with van der Waals surface area (Å²) in [7, 11) is 0. The highest BCUT2D eigenvalue weighted by molar-refractivity contribution is 5.75. The maximum absolute atomic E-state index is 10.3. The van der Waals surface area contributed by atoms with E-state index in [1.54, 1.807) is 0 Å². The number of aliphatic hydroxyl groups excluding tert-OH is 1. The Hall–Kier alpha value is -0.370. The molecule has 0 bridgehead atoms. The molecule has 0 spiro atoms. The van der Waals surface area contributed by atoms with Gasteiger partial charge in [-0.25, -0.2) is 0 Å². The zero-order valence-electron chi connectivity index (χ0n) is 5.35. The summed E-state index contributed by atoms with van der Waals surface area (Å²) in [6, 6.07) is 0. The van der Waals surface area contributed by atoms with Crippen LogP contribution >= 0.6 is 0 Å². The summed E-state index contributed by atoms with van der Waals surface area (Å²) >= 11 is 0. The van der Waals surface area contributed by atoms with Crippen molar-refractivity contribution in [3.05, 3.63) is 0 Å². The molecule has 0 aromatic rings. The third-order valence-electron chi connectivity index (χ3n) is 0.948. The van der Waals surface area contributed by atoms with Crippen molar-refractivity contribution in [2.45, 2.75) is 20.3 Å². The predicted octanol–water partition coefficient (Wildman–Crippen LogP) is 0.594. The van der Waals surface area contributed by atoms with Crippen LogP contribution in [0.25, 0.3) is 0 Å². The lowest BCUT2D eigenvalue weighted by Crippen LogP contribution is -2.05. The normalized spacial score (nSPS) is 13.4. The van der Waals surface area contributed by atoms with E-state index in [9.17, 15) is 4.79 Å². The Morgan fingerprint density at radius 2 is 2.25 bits per heavy atom. The van der Waals surface area contributed by atoms with Gasteiger partial charge in [-0.05, 0) is 12.8 Å². The molecule has 2 heteroatoms. The van der Waals surface area contributed by atoms with Crippen molar-refractivity contribution in [2.24, 2.45) is 5.92 Å². The fourth-order valence-corrected chi connectivity index (χ4v) is 0.555. The molecule has 0 rings (SSSR count). The van der Waals surface area contributed by atoms with Gasteiger partial charge in [-0.2, -0.15) is 0 Å². The third kappa shape index (κ3) is 3.81. The molecule has 0 saturated carbocycles. The number of hydrogen-bond donors (Lipinski definition) is 1. The molecule has 0 heterocycles.